The monoisotopic (exact) mass is 354 g/mol. The number of nitrogens with zero attached hydrogens (tertiary/aromatic N) is 6. The third-order valence-electron chi connectivity index (χ3n) is 4.68. The van der Waals surface area contributed by atoms with E-state index in [9.17, 15) is 0 Å². The molecule has 128 valence electrons. The Balaban J connectivity index is 1.53. The van der Waals surface area contributed by atoms with Gasteiger partial charge in [-0.3, -0.25) is 4.98 Å². The maximum Gasteiger partial charge on any atom is 0.147 e. The van der Waals surface area contributed by atoms with Crippen LogP contribution in [0.25, 0.3) is 11.0 Å². The molecule has 0 aliphatic carbocycles. The number of rotatable bonds is 3. The van der Waals surface area contributed by atoms with Crippen molar-refractivity contribution in [1.29, 1.82) is 0 Å². The van der Waals surface area contributed by atoms with Gasteiger partial charge in [-0.1, -0.05) is 11.6 Å². The van der Waals surface area contributed by atoms with Crippen LogP contribution in [-0.2, 0) is 0 Å². The van der Waals surface area contributed by atoms with Crippen molar-refractivity contribution in [2.45, 2.75) is 19.4 Å². The minimum Gasteiger partial charge on any atom is -0.355 e. The van der Waals surface area contributed by atoms with Crippen LogP contribution < -0.4 is 9.80 Å². The number of aromatic nitrogens is 4. The minimum absolute atomic E-state index is 0.386. The van der Waals surface area contributed by atoms with Gasteiger partial charge in [-0.2, -0.15) is 0 Å². The molecule has 6 nitrogen and oxygen atoms in total. The summed E-state index contributed by atoms with van der Waals surface area (Å²) in [6.45, 7) is 3.83. The predicted octanol–water partition coefficient (Wildman–Crippen LogP) is 3.10. The third-order valence-corrected chi connectivity index (χ3v) is 4.91. The average Bonchev–Trinajstić information content (AvgIpc) is 3.10. The summed E-state index contributed by atoms with van der Waals surface area (Å²) in [5, 5.41) is 0.678. The Labute approximate surface area is 151 Å². The molecule has 4 rings (SSSR count). The average molecular weight is 355 g/mol. The smallest absolute Gasteiger partial charge is 0.147 e. The van der Waals surface area contributed by atoms with Gasteiger partial charge in [0.05, 0.1) is 17.2 Å². The summed E-state index contributed by atoms with van der Waals surface area (Å²) in [6, 6.07) is 8.00. The highest BCUT2D eigenvalue weighted by Crippen LogP contribution is 2.25. The Morgan fingerprint density at radius 2 is 2.04 bits per heavy atom. The number of hydrogen-bond acceptors (Lipinski definition) is 6. The van der Waals surface area contributed by atoms with Crippen molar-refractivity contribution < 1.29 is 0 Å². The van der Waals surface area contributed by atoms with Crippen LogP contribution in [0.2, 0.25) is 5.02 Å². The Bertz CT molecular complexity index is 915. The van der Waals surface area contributed by atoms with Gasteiger partial charge < -0.3 is 9.80 Å². The van der Waals surface area contributed by atoms with E-state index in [1.54, 1.807) is 6.33 Å². The zero-order valence-corrected chi connectivity index (χ0v) is 15.0. The Morgan fingerprint density at radius 3 is 2.88 bits per heavy atom. The molecule has 1 aromatic carbocycles. The zero-order valence-electron chi connectivity index (χ0n) is 14.2. The maximum absolute atomic E-state index is 6.01. The highest BCUT2D eigenvalue weighted by Gasteiger charge is 2.27. The first-order valence-electron chi connectivity index (χ1n) is 8.29. The van der Waals surface area contributed by atoms with E-state index in [0.717, 1.165) is 47.9 Å². The van der Waals surface area contributed by atoms with Gasteiger partial charge in [0.25, 0.3) is 0 Å². The van der Waals surface area contributed by atoms with E-state index in [1.807, 2.05) is 37.4 Å². The fraction of sp³-hybridized carbons (Fsp3) is 0.333. The van der Waals surface area contributed by atoms with Crippen LogP contribution in [0.5, 0.6) is 0 Å². The number of benzene rings is 1. The van der Waals surface area contributed by atoms with E-state index >= 15 is 0 Å². The van der Waals surface area contributed by atoms with Crippen LogP contribution in [0.1, 0.15) is 12.1 Å². The maximum atomic E-state index is 6.01. The number of halogens is 1. The van der Waals surface area contributed by atoms with Crippen molar-refractivity contribution in [2.75, 3.05) is 29.9 Å². The largest absolute Gasteiger partial charge is 0.355 e. The van der Waals surface area contributed by atoms with Gasteiger partial charge in [-0.25, -0.2) is 15.0 Å². The van der Waals surface area contributed by atoms with Crippen LogP contribution >= 0.6 is 11.6 Å². The molecule has 1 saturated heterocycles. The summed E-state index contributed by atoms with van der Waals surface area (Å²) in [5.41, 5.74) is 2.66. The van der Waals surface area contributed by atoms with Gasteiger partial charge in [0, 0.05) is 43.0 Å². The lowest BCUT2D eigenvalue weighted by atomic mass is 10.2. The van der Waals surface area contributed by atoms with Gasteiger partial charge in [-0.15, -0.1) is 0 Å². The third kappa shape index (κ3) is 3.22. The highest BCUT2D eigenvalue weighted by atomic mass is 35.5. The number of anilines is 2. The van der Waals surface area contributed by atoms with Gasteiger partial charge in [-0.05, 0) is 31.5 Å². The lowest BCUT2D eigenvalue weighted by Crippen LogP contribution is -2.35. The van der Waals surface area contributed by atoms with Crippen LogP contribution in [-0.4, -0.2) is 46.1 Å². The number of hydrogen-bond donors (Lipinski definition) is 0. The van der Waals surface area contributed by atoms with E-state index in [4.69, 9.17) is 16.6 Å². The first kappa shape index (κ1) is 16.0. The second-order valence-electron chi connectivity index (χ2n) is 6.38. The molecule has 3 heterocycles. The SMILES string of the molecule is Cc1cc(N(C)C2CCN(c3cnc4cc(Cl)ccc4n3)C2)ncn1. The predicted molar refractivity (Wildman–Crippen MR) is 100 cm³/mol. The van der Waals surface area contributed by atoms with E-state index < -0.39 is 0 Å². The quantitative estimate of drug-likeness (QED) is 0.720. The molecule has 0 N–H and O–H groups in total. The summed E-state index contributed by atoms with van der Waals surface area (Å²) in [6.07, 6.45) is 4.50. The van der Waals surface area contributed by atoms with Crippen molar-refractivity contribution in [2.24, 2.45) is 0 Å². The second kappa shape index (κ2) is 6.44. The van der Waals surface area contributed by atoms with Crippen LogP contribution in [0, 0.1) is 6.92 Å². The molecule has 1 fully saturated rings. The molecule has 7 heteroatoms. The Hall–Kier alpha value is -2.47. The van der Waals surface area contributed by atoms with Gasteiger partial charge in [0.2, 0.25) is 0 Å². The Morgan fingerprint density at radius 1 is 1.16 bits per heavy atom. The molecule has 0 radical (unpaired) electrons. The summed E-state index contributed by atoms with van der Waals surface area (Å²) < 4.78 is 0. The Kier molecular flexibility index (Phi) is 4.13. The molecule has 2 aromatic heterocycles. The van der Waals surface area contributed by atoms with E-state index in [-0.39, 0.29) is 0 Å². The first-order chi connectivity index (χ1) is 12.1. The van der Waals surface area contributed by atoms with Gasteiger partial charge in [0.1, 0.15) is 18.0 Å². The molecule has 1 atom stereocenters. The molecule has 0 spiro atoms. The molecule has 1 aliphatic rings. The number of likely N-dealkylation sites (N-methyl/N-ethyl adjacent to an activating group) is 1. The van der Waals surface area contributed by atoms with Crippen molar-refractivity contribution in [3.05, 3.63) is 47.5 Å². The summed E-state index contributed by atoms with van der Waals surface area (Å²) in [5.74, 6) is 1.86. The standard InChI is InChI=1S/C18H19ClN6/c1-12-7-17(22-11-21-12)24(2)14-5-6-25(10-14)18-9-20-16-8-13(19)3-4-15(16)23-18/h3-4,7-9,11,14H,5-6,10H2,1-2H3. The first-order valence-corrected chi connectivity index (χ1v) is 8.67. The summed E-state index contributed by atoms with van der Waals surface area (Å²) in [4.78, 5) is 22.3. The van der Waals surface area contributed by atoms with Crippen molar-refractivity contribution in [1.82, 2.24) is 19.9 Å². The van der Waals surface area contributed by atoms with Crippen LogP contribution in [0.3, 0.4) is 0 Å². The molecule has 1 aliphatic heterocycles. The fourth-order valence-corrected chi connectivity index (χ4v) is 3.38. The van der Waals surface area contributed by atoms with Gasteiger partial charge in [0.15, 0.2) is 0 Å². The highest BCUT2D eigenvalue weighted by molar-refractivity contribution is 6.31. The molecule has 0 saturated carbocycles. The summed E-state index contributed by atoms with van der Waals surface area (Å²) >= 11 is 6.01. The summed E-state index contributed by atoms with van der Waals surface area (Å²) in [7, 11) is 2.09. The van der Waals surface area contributed by atoms with Crippen molar-refractivity contribution in [3.8, 4) is 0 Å². The molecule has 0 amide bonds. The van der Waals surface area contributed by atoms with Crippen molar-refractivity contribution >= 4 is 34.3 Å². The number of aryl methyl sites for hydroxylation is 1. The number of fused-ring (bicyclic) bond motifs is 1. The van der Waals surface area contributed by atoms with E-state index in [2.05, 4.69) is 31.8 Å². The molecule has 25 heavy (non-hydrogen) atoms. The molecule has 0 bridgehead atoms. The molecule has 1 unspecified atom stereocenters. The topological polar surface area (TPSA) is 58.0 Å². The molecule has 3 aromatic rings. The lowest BCUT2D eigenvalue weighted by molar-refractivity contribution is 0.682. The van der Waals surface area contributed by atoms with E-state index in [1.165, 1.54) is 0 Å². The second-order valence-corrected chi connectivity index (χ2v) is 6.81. The van der Waals surface area contributed by atoms with Crippen LogP contribution in [0.15, 0.2) is 36.8 Å². The van der Waals surface area contributed by atoms with Crippen molar-refractivity contribution in [3.63, 3.8) is 0 Å². The normalized spacial score (nSPS) is 17.2. The van der Waals surface area contributed by atoms with Crippen LogP contribution in [0.4, 0.5) is 11.6 Å². The van der Waals surface area contributed by atoms with E-state index in [0.29, 0.717) is 11.1 Å². The molecular weight excluding hydrogens is 336 g/mol. The fourth-order valence-electron chi connectivity index (χ4n) is 3.21. The molecular formula is C18H19ClN6. The minimum atomic E-state index is 0.386. The lowest BCUT2D eigenvalue weighted by Gasteiger charge is -2.26. The van der Waals surface area contributed by atoms with Gasteiger partial charge >= 0.3 is 0 Å². The zero-order chi connectivity index (χ0) is 17.4.